The lowest BCUT2D eigenvalue weighted by Gasteiger charge is -2.16. The number of carbonyl (C=O) groups is 1. The van der Waals surface area contributed by atoms with Crippen molar-refractivity contribution >= 4 is 5.91 Å². The van der Waals surface area contributed by atoms with E-state index in [-0.39, 0.29) is 5.91 Å². The van der Waals surface area contributed by atoms with E-state index in [1.54, 1.807) is 0 Å². The summed E-state index contributed by atoms with van der Waals surface area (Å²) in [5.74, 6) is 0.545. The van der Waals surface area contributed by atoms with Gasteiger partial charge in [-0.2, -0.15) is 0 Å². The minimum atomic E-state index is -0.691. The summed E-state index contributed by atoms with van der Waals surface area (Å²) in [4.78, 5) is 12.4. The number of hydrogen-bond acceptors (Lipinski definition) is 4. The molecule has 1 atom stereocenters. The first-order chi connectivity index (χ1) is 12.5. The lowest BCUT2D eigenvalue weighted by molar-refractivity contribution is -0.122. The van der Waals surface area contributed by atoms with Gasteiger partial charge in [0.2, 0.25) is 5.91 Å². The third-order valence-electron chi connectivity index (χ3n) is 4.08. The van der Waals surface area contributed by atoms with Crippen molar-refractivity contribution < 1.29 is 14.3 Å². The monoisotopic (exact) mass is 356 g/mol. The Balaban J connectivity index is 1.97. The van der Waals surface area contributed by atoms with Gasteiger partial charge >= 0.3 is 0 Å². The molecule has 2 aromatic carbocycles. The van der Waals surface area contributed by atoms with Gasteiger partial charge < -0.3 is 20.5 Å². The average Bonchev–Trinajstić information content (AvgIpc) is 2.64. The highest BCUT2D eigenvalue weighted by atomic mass is 16.5. The van der Waals surface area contributed by atoms with Crippen molar-refractivity contribution in [1.82, 2.24) is 5.32 Å². The molecule has 0 aliphatic rings. The Morgan fingerprint density at radius 1 is 1.08 bits per heavy atom. The zero-order valence-electron chi connectivity index (χ0n) is 15.7. The van der Waals surface area contributed by atoms with Gasteiger partial charge in [-0.25, -0.2) is 0 Å². The second-order valence-corrected chi connectivity index (χ2v) is 6.26. The Hall–Kier alpha value is -2.37. The maximum atomic E-state index is 12.4. The first-order valence-corrected chi connectivity index (χ1v) is 8.91. The summed E-state index contributed by atoms with van der Waals surface area (Å²) in [6.45, 7) is 7.99. The Morgan fingerprint density at radius 2 is 1.77 bits per heavy atom. The standard InChI is InChI=1S/C21H28N2O3/c1-4-25-11-12-26-19-13-16(3)7-10-18(19)14-23-21(24)20(22)17-8-5-15(2)6-9-17/h5-10,13,20H,4,11-12,14,22H2,1-3H3,(H,23,24). The zero-order valence-corrected chi connectivity index (χ0v) is 15.7. The fraction of sp³-hybridized carbons (Fsp3) is 0.381. The van der Waals surface area contributed by atoms with E-state index >= 15 is 0 Å². The molecule has 0 saturated carbocycles. The summed E-state index contributed by atoms with van der Waals surface area (Å²) >= 11 is 0. The SMILES string of the molecule is CCOCCOc1cc(C)ccc1CNC(=O)C(N)c1ccc(C)cc1. The van der Waals surface area contributed by atoms with Crippen LogP contribution in [0.1, 0.15) is 35.2 Å². The van der Waals surface area contributed by atoms with Crippen LogP contribution in [0.5, 0.6) is 5.75 Å². The molecule has 5 heteroatoms. The molecule has 1 unspecified atom stereocenters. The number of aryl methyl sites for hydroxylation is 2. The van der Waals surface area contributed by atoms with Crippen molar-refractivity contribution in [3.8, 4) is 5.75 Å². The smallest absolute Gasteiger partial charge is 0.241 e. The minimum Gasteiger partial charge on any atom is -0.491 e. The highest BCUT2D eigenvalue weighted by Crippen LogP contribution is 2.21. The van der Waals surface area contributed by atoms with Crippen molar-refractivity contribution in [2.75, 3.05) is 19.8 Å². The van der Waals surface area contributed by atoms with Gasteiger partial charge in [-0.15, -0.1) is 0 Å². The average molecular weight is 356 g/mol. The molecule has 0 fully saturated rings. The normalized spacial score (nSPS) is 11.8. The van der Waals surface area contributed by atoms with E-state index in [9.17, 15) is 4.79 Å². The van der Waals surface area contributed by atoms with Gasteiger partial charge in [0.1, 0.15) is 18.4 Å². The zero-order chi connectivity index (χ0) is 18.9. The topological polar surface area (TPSA) is 73.6 Å². The molecule has 140 valence electrons. The van der Waals surface area contributed by atoms with Crippen LogP contribution in [0, 0.1) is 13.8 Å². The number of rotatable bonds is 9. The maximum absolute atomic E-state index is 12.4. The molecule has 26 heavy (non-hydrogen) atoms. The van der Waals surface area contributed by atoms with Crippen molar-refractivity contribution in [2.45, 2.75) is 33.4 Å². The molecule has 0 spiro atoms. The van der Waals surface area contributed by atoms with Crippen LogP contribution in [0.3, 0.4) is 0 Å². The molecule has 0 aromatic heterocycles. The molecular weight excluding hydrogens is 328 g/mol. The molecule has 0 saturated heterocycles. The van der Waals surface area contributed by atoms with Gasteiger partial charge in [0.05, 0.1) is 6.61 Å². The molecule has 0 bridgehead atoms. The quantitative estimate of drug-likeness (QED) is 0.677. The Kier molecular flexibility index (Phi) is 7.63. The van der Waals surface area contributed by atoms with E-state index < -0.39 is 6.04 Å². The van der Waals surface area contributed by atoms with Gasteiger partial charge in [0.15, 0.2) is 0 Å². The van der Waals surface area contributed by atoms with Crippen LogP contribution in [0.25, 0.3) is 0 Å². The van der Waals surface area contributed by atoms with E-state index in [1.165, 1.54) is 0 Å². The highest BCUT2D eigenvalue weighted by molar-refractivity contribution is 5.82. The maximum Gasteiger partial charge on any atom is 0.241 e. The third-order valence-corrected chi connectivity index (χ3v) is 4.08. The van der Waals surface area contributed by atoms with Gasteiger partial charge in [-0.1, -0.05) is 42.0 Å². The third kappa shape index (κ3) is 5.86. The van der Waals surface area contributed by atoms with Crippen molar-refractivity contribution in [3.05, 3.63) is 64.7 Å². The van der Waals surface area contributed by atoms with Gasteiger partial charge in [-0.05, 0) is 38.0 Å². The van der Waals surface area contributed by atoms with E-state index in [1.807, 2.05) is 63.2 Å². The first kappa shape index (κ1) is 19.9. The summed E-state index contributed by atoms with van der Waals surface area (Å²) in [5, 5.41) is 2.90. The van der Waals surface area contributed by atoms with Gasteiger partial charge in [-0.3, -0.25) is 4.79 Å². The molecule has 0 heterocycles. The lowest BCUT2D eigenvalue weighted by Crippen LogP contribution is -2.33. The second-order valence-electron chi connectivity index (χ2n) is 6.26. The van der Waals surface area contributed by atoms with Crippen molar-refractivity contribution in [2.24, 2.45) is 5.73 Å². The summed E-state index contributed by atoms with van der Waals surface area (Å²) in [7, 11) is 0. The number of nitrogens with one attached hydrogen (secondary N) is 1. The summed E-state index contributed by atoms with van der Waals surface area (Å²) in [6, 6.07) is 12.9. The van der Waals surface area contributed by atoms with E-state index in [0.717, 1.165) is 28.0 Å². The van der Waals surface area contributed by atoms with Crippen LogP contribution in [-0.2, 0) is 16.1 Å². The highest BCUT2D eigenvalue weighted by Gasteiger charge is 2.16. The van der Waals surface area contributed by atoms with Gasteiger partial charge in [0.25, 0.3) is 0 Å². The molecule has 0 radical (unpaired) electrons. The Labute approximate surface area is 155 Å². The molecule has 1 amide bonds. The molecule has 0 aliphatic heterocycles. The number of hydrogen-bond donors (Lipinski definition) is 2. The molecule has 2 rings (SSSR count). The fourth-order valence-electron chi connectivity index (χ4n) is 2.51. The summed E-state index contributed by atoms with van der Waals surface area (Å²) in [5.41, 5.74) is 10.0. The van der Waals surface area contributed by atoms with Crippen LogP contribution in [-0.4, -0.2) is 25.7 Å². The largest absolute Gasteiger partial charge is 0.491 e. The second kappa shape index (κ2) is 9.94. The Bertz CT molecular complexity index is 714. The summed E-state index contributed by atoms with van der Waals surface area (Å²) < 4.78 is 11.1. The van der Waals surface area contributed by atoms with E-state index in [2.05, 4.69) is 5.32 Å². The number of amides is 1. The van der Waals surface area contributed by atoms with Crippen LogP contribution in [0.4, 0.5) is 0 Å². The summed E-state index contributed by atoms with van der Waals surface area (Å²) in [6.07, 6.45) is 0. The molecule has 5 nitrogen and oxygen atoms in total. The fourth-order valence-corrected chi connectivity index (χ4v) is 2.51. The molecule has 2 aromatic rings. The first-order valence-electron chi connectivity index (χ1n) is 8.91. The van der Waals surface area contributed by atoms with Crippen molar-refractivity contribution in [3.63, 3.8) is 0 Å². The number of carbonyl (C=O) groups excluding carboxylic acids is 1. The predicted molar refractivity (Wildman–Crippen MR) is 103 cm³/mol. The number of ether oxygens (including phenoxy) is 2. The van der Waals surface area contributed by atoms with Crippen molar-refractivity contribution in [1.29, 1.82) is 0 Å². The Morgan fingerprint density at radius 3 is 2.46 bits per heavy atom. The number of nitrogens with two attached hydrogens (primary N) is 1. The van der Waals surface area contributed by atoms with E-state index in [4.69, 9.17) is 15.2 Å². The van der Waals surface area contributed by atoms with Crippen LogP contribution in [0.2, 0.25) is 0 Å². The molecular formula is C21H28N2O3. The minimum absolute atomic E-state index is 0.213. The van der Waals surface area contributed by atoms with Gasteiger partial charge in [0, 0.05) is 18.7 Å². The van der Waals surface area contributed by atoms with Crippen LogP contribution in [0.15, 0.2) is 42.5 Å². The van der Waals surface area contributed by atoms with E-state index in [0.29, 0.717) is 26.4 Å². The van der Waals surface area contributed by atoms with Crippen LogP contribution < -0.4 is 15.8 Å². The number of benzene rings is 2. The predicted octanol–water partition coefficient (Wildman–Crippen LogP) is 3.03. The molecule has 3 N–H and O–H groups in total. The molecule has 0 aliphatic carbocycles. The lowest BCUT2D eigenvalue weighted by atomic mass is 10.1. The van der Waals surface area contributed by atoms with Crippen LogP contribution >= 0.6 is 0 Å².